The van der Waals surface area contributed by atoms with Gasteiger partial charge in [-0.05, 0) is 38.9 Å². The van der Waals surface area contributed by atoms with Crippen LogP contribution in [0.1, 0.15) is 38.2 Å². The summed E-state index contributed by atoms with van der Waals surface area (Å²) in [6.45, 7) is 7.01. The lowest BCUT2D eigenvalue weighted by Gasteiger charge is -2.32. The van der Waals surface area contributed by atoms with Crippen molar-refractivity contribution in [2.45, 2.75) is 45.2 Å². The highest BCUT2D eigenvalue weighted by Crippen LogP contribution is 2.11. The number of rotatable bonds is 6. The number of likely N-dealkylation sites (tertiary alicyclic amines) is 1. The molecule has 1 fully saturated rings. The molecule has 18 heavy (non-hydrogen) atoms. The monoisotopic (exact) mass is 250 g/mol. The second-order valence-electron chi connectivity index (χ2n) is 5.37. The van der Waals surface area contributed by atoms with Crippen molar-refractivity contribution in [1.82, 2.24) is 20.0 Å². The Balaban J connectivity index is 1.64. The number of piperidine rings is 1. The summed E-state index contributed by atoms with van der Waals surface area (Å²) in [4.78, 5) is 2.60. The lowest BCUT2D eigenvalue weighted by molar-refractivity contribution is 0.195. The Hall–Kier alpha value is -0.870. The summed E-state index contributed by atoms with van der Waals surface area (Å²) in [7, 11) is 1.97. The molecule has 1 aromatic heterocycles. The van der Waals surface area contributed by atoms with E-state index in [-0.39, 0.29) is 0 Å². The zero-order valence-corrected chi connectivity index (χ0v) is 11.7. The molecule has 0 radical (unpaired) electrons. The van der Waals surface area contributed by atoms with Gasteiger partial charge in [-0.2, -0.15) is 5.10 Å². The number of hydrogen-bond acceptors (Lipinski definition) is 3. The fourth-order valence-corrected chi connectivity index (χ4v) is 2.57. The molecule has 102 valence electrons. The largest absolute Gasteiger partial charge is 0.310 e. The molecule has 1 N–H and O–H groups in total. The van der Waals surface area contributed by atoms with Crippen LogP contribution in [0.5, 0.6) is 0 Å². The molecule has 0 aliphatic carbocycles. The fraction of sp³-hybridized carbons (Fsp3) is 0.786. The van der Waals surface area contributed by atoms with Crippen LogP contribution in [0.25, 0.3) is 0 Å². The maximum Gasteiger partial charge on any atom is 0.0534 e. The zero-order chi connectivity index (χ0) is 12.8. The molecule has 1 saturated heterocycles. The van der Waals surface area contributed by atoms with Crippen LogP contribution in [0.2, 0.25) is 0 Å². The van der Waals surface area contributed by atoms with Gasteiger partial charge in [0.15, 0.2) is 0 Å². The van der Waals surface area contributed by atoms with E-state index in [2.05, 4.69) is 28.4 Å². The van der Waals surface area contributed by atoms with Crippen molar-refractivity contribution in [3.8, 4) is 0 Å². The molecule has 0 atom stereocenters. The number of aromatic nitrogens is 2. The molecule has 0 unspecified atom stereocenters. The molecule has 0 saturated carbocycles. The van der Waals surface area contributed by atoms with Crippen molar-refractivity contribution in [1.29, 1.82) is 0 Å². The Morgan fingerprint density at radius 2 is 2.17 bits per heavy atom. The molecule has 0 amide bonds. The molecule has 0 aromatic carbocycles. The van der Waals surface area contributed by atoms with Crippen LogP contribution in [0.3, 0.4) is 0 Å². The number of nitrogens with zero attached hydrogens (tertiary/aromatic N) is 3. The van der Waals surface area contributed by atoms with Gasteiger partial charge in [0.1, 0.15) is 0 Å². The highest BCUT2D eigenvalue weighted by atomic mass is 15.2. The number of unbranched alkanes of at least 4 members (excludes halogenated alkanes) is 1. The van der Waals surface area contributed by atoms with Gasteiger partial charge < -0.3 is 10.2 Å². The summed E-state index contributed by atoms with van der Waals surface area (Å²) in [6, 6.07) is 0.683. The molecule has 0 bridgehead atoms. The molecule has 4 heteroatoms. The Labute approximate surface area is 110 Å². The third-order valence-corrected chi connectivity index (χ3v) is 3.77. The summed E-state index contributed by atoms with van der Waals surface area (Å²) >= 11 is 0. The standard InChI is InChI=1S/C14H26N4/c1-3-4-7-18-8-5-14(6-9-18)15-10-13-11-16-17(2)12-13/h11-12,14-15H,3-10H2,1-2H3. The van der Waals surface area contributed by atoms with Crippen LogP contribution >= 0.6 is 0 Å². The van der Waals surface area contributed by atoms with Gasteiger partial charge in [-0.3, -0.25) is 4.68 Å². The van der Waals surface area contributed by atoms with Crippen molar-refractivity contribution < 1.29 is 0 Å². The number of nitrogens with one attached hydrogen (secondary N) is 1. The lowest BCUT2D eigenvalue weighted by atomic mass is 10.0. The van der Waals surface area contributed by atoms with Gasteiger partial charge in [0.25, 0.3) is 0 Å². The average Bonchev–Trinajstić information content (AvgIpc) is 2.81. The Morgan fingerprint density at radius 3 is 2.78 bits per heavy atom. The van der Waals surface area contributed by atoms with Crippen LogP contribution in [-0.4, -0.2) is 40.4 Å². The molecule has 1 aliphatic rings. The van der Waals surface area contributed by atoms with E-state index in [1.165, 1.54) is 50.9 Å². The summed E-state index contributed by atoms with van der Waals surface area (Å²) in [5, 5.41) is 7.84. The van der Waals surface area contributed by atoms with Crippen molar-refractivity contribution in [2.75, 3.05) is 19.6 Å². The SMILES string of the molecule is CCCCN1CCC(NCc2cnn(C)c2)CC1. The molecule has 1 aromatic rings. The minimum absolute atomic E-state index is 0.683. The predicted molar refractivity (Wildman–Crippen MR) is 74.4 cm³/mol. The van der Waals surface area contributed by atoms with Crippen LogP contribution in [0.4, 0.5) is 0 Å². The van der Waals surface area contributed by atoms with Gasteiger partial charge in [-0.1, -0.05) is 13.3 Å². The third-order valence-electron chi connectivity index (χ3n) is 3.77. The molecule has 0 spiro atoms. The van der Waals surface area contributed by atoms with Crippen LogP contribution in [0, 0.1) is 0 Å². The average molecular weight is 250 g/mol. The first-order chi connectivity index (χ1) is 8.78. The van der Waals surface area contributed by atoms with Gasteiger partial charge in [0, 0.05) is 31.4 Å². The first-order valence-corrected chi connectivity index (χ1v) is 7.21. The Bertz CT molecular complexity index is 339. The first-order valence-electron chi connectivity index (χ1n) is 7.21. The Morgan fingerprint density at radius 1 is 1.39 bits per heavy atom. The van der Waals surface area contributed by atoms with E-state index >= 15 is 0 Å². The second kappa shape index (κ2) is 6.90. The van der Waals surface area contributed by atoms with E-state index in [0.29, 0.717) is 6.04 Å². The van der Waals surface area contributed by atoms with E-state index in [1.54, 1.807) is 0 Å². The number of aryl methyl sites for hydroxylation is 1. The highest BCUT2D eigenvalue weighted by molar-refractivity contribution is 5.03. The topological polar surface area (TPSA) is 33.1 Å². The summed E-state index contributed by atoms with van der Waals surface area (Å²) in [5.74, 6) is 0. The zero-order valence-electron chi connectivity index (χ0n) is 11.7. The van der Waals surface area contributed by atoms with E-state index < -0.39 is 0 Å². The summed E-state index contributed by atoms with van der Waals surface area (Å²) < 4.78 is 1.87. The summed E-state index contributed by atoms with van der Waals surface area (Å²) in [5.41, 5.74) is 1.28. The molecule has 2 heterocycles. The minimum atomic E-state index is 0.683. The van der Waals surface area contributed by atoms with Gasteiger partial charge in [0.05, 0.1) is 6.20 Å². The first kappa shape index (κ1) is 13.6. The van der Waals surface area contributed by atoms with E-state index in [4.69, 9.17) is 0 Å². The maximum absolute atomic E-state index is 4.19. The smallest absolute Gasteiger partial charge is 0.0534 e. The quantitative estimate of drug-likeness (QED) is 0.835. The van der Waals surface area contributed by atoms with Crippen molar-refractivity contribution >= 4 is 0 Å². The molecule has 4 nitrogen and oxygen atoms in total. The maximum atomic E-state index is 4.19. The van der Waals surface area contributed by atoms with Crippen LogP contribution in [-0.2, 0) is 13.6 Å². The molecular weight excluding hydrogens is 224 g/mol. The number of hydrogen-bond donors (Lipinski definition) is 1. The molecular formula is C14H26N4. The van der Waals surface area contributed by atoms with Gasteiger partial charge in [-0.15, -0.1) is 0 Å². The van der Waals surface area contributed by atoms with Crippen LogP contribution < -0.4 is 5.32 Å². The van der Waals surface area contributed by atoms with Gasteiger partial charge in [-0.25, -0.2) is 0 Å². The van der Waals surface area contributed by atoms with E-state index in [0.717, 1.165) is 6.54 Å². The second-order valence-corrected chi connectivity index (χ2v) is 5.37. The van der Waals surface area contributed by atoms with E-state index in [1.807, 2.05) is 17.9 Å². The van der Waals surface area contributed by atoms with Crippen molar-refractivity contribution in [3.05, 3.63) is 18.0 Å². The van der Waals surface area contributed by atoms with Gasteiger partial charge >= 0.3 is 0 Å². The normalized spacial score (nSPS) is 18.3. The van der Waals surface area contributed by atoms with Gasteiger partial charge in [0.2, 0.25) is 0 Å². The molecule has 1 aliphatic heterocycles. The van der Waals surface area contributed by atoms with E-state index in [9.17, 15) is 0 Å². The highest BCUT2D eigenvalue weighted by Gasteiger charge is 2.18. The third kappa shape index (κ3) is 4.10. The van der Waals surface area contributed by atoms with Crippen molar-refractivity contribution in [3.63, 3.8) is 0 Å². The minimum Gasteiger partial charge on any atom is -0.310 e. The fourth-order valence-electron chi connectivity index (χ4n) is 2.57. The lowest BCUT2D eigenvalue weighted by Crippen LogP contribution is -2.42. The Kier molecular flexibility index (Phi) is 5.20. The summed E-state index contributed by atoms with van der Waals surface area (Å²) in [6.07, 6.45) is 9.24. The molecule has 2 rings (SSSR count). The predicted octanol–water partition coefficient (Wildman–Crippen LogP) is 1.77. The van der Waals surface area contributed by atoms with Crippen molar-refractivity contribution in [2.24, 2.45) is 7.05 Å². The van der Waals surface area contributed by atoms with Crippen LogP contribution in [0.15, 0.2) is 12.4 Å².